The molecule has 8 heteroatoms. The van der Waals surface area contributed by atoms with Crippen LogP contribution in [0.5, 0.6) is 0 Å². The van der Waals surface area contributed by atoms with E-state index in [0.29, 0.717) is 11.1 Å². The van der Waals surface area contributed by atoms with Crippen LogP contribution in [-0.4, -0.2) is 29.5 Å². The largest absolute Gasteiger partial charge is 0.478 e. The highest BCUT2D eigenvalue weighted by Crippen LogP contribution is 2.24. The molecule has 132 valence electrons. The van der Waals surface area contributed by atoms with Crippen LogP contribution in [0.2, 0.25) is 0 Å². The molecule has 0 bridgehead atoms. The number of hydrogen-bond donors (Lipinski definition) is 2. The zero-order chi connectivity index (χ0) is 18.6. The number of nitrogens with one attached hydrogen (secondary N) is 1. The molecule has 3 rings (SSSR count). The molecule has 0 spiro atoms. The Morgan fingerprint density at radius 1 is 1.00 bits per heavy atom. The molecule has 0 saturated heterocycles. The van der Waals surface area contributed by atoms with Gasteiger partial charge in [0.1, 0.15) is 6.33 Å². The van der Waals surface area contributed by atoms with Crippen molar-refractivity contribution in [3.05, 3.63) is 78.4 Å². The summed E-state index contributed by atoms with van der Waals surface area (Å²) in [5, 5.41) is 9.31. The van der Waals surface area contributed by atoms with Gasteiger partial charge in [0.2, 0.25) is 10.0 Å². The lowest BCUT2D eigenvalue weighted by atomic mass is 10.1. The number of carboxylic acids is 1. The molecule has 0 amide bonds. The van der Waals surface area contributed by atoms with Gasteiger partial charge < -0.3 is 5.11 Å². The first-order chi connectivity index (χ1) is 12.5. The second-order valence-corrected chi connectivity index (χ2v) is 7.26. The third kappa shape index (κ3) is 4.11. The monoisotopic (exact) mass is 369 g/mol. The molecule has 1 heterocycles. The molecule has 0 unspecified atom stereocenters. The van der Waals surface area contributed by atoms with Crippen molar-refractivity contribution in [3.63, 3.8) is 0 Å². The number of hydrogen-bond acceptors (Lipinski definition) is 5. The van der Waals surface area contributed by atoms with Crippen LogP contribution < -0.4 is 4.72 Å². The van der Waals surface area contributed by atoms with E-state index in [1.165, 1.54) is 30.9 Å². The fraction of sp³-hybridized carbons (Fsp3) is 0.0556. The minimum atomic E-state index is -3.90. The van der Waals surface area contributed by atoms with Gasteiger partial charge in [0.25, 0.3) is 0 Å². The van der Waals surface area contributed by atoms with Crippen molar-refractivity contribution in [2.24, 2.45) is 0 Å². The summed E-state index contributed by atoms with van der Waals surface area (Å²) in [6.45, 7) is 0.101. The van der Waals surface area contributed by atoms with E-state index >= 15 is 0 Å². The average Bonchev–Trinajstić information content (AvgIpc) is 2.67. The first-order valence-corrected chi connectivity index (χ1v) is 9.11. The van der Waals surface area contributed by atoms with Crippen LogP contribution in [0.1, 0.15) is 15.9 Å². The molecular weight excluding hydrogens is 354 g/mol. The molecule has 2 N–H and O–H groups in total. The Hall–Kier alpha value is -3.10. The van der Waals surface area contributed by atoms with Crippen LogP contribution >= 0.6 is 0 Å². The Bertz CT molecular complexity index is 1020. The fourth-order valence-electron chi connectivity index (χ4n) is 2.35. The number of rotatable bonds is 6. The van der Waals surface area contributed by atoms with Crippen LogP contribution in [-0.2, 0) is 16.6 Å². The van der Waals surface area contributed by atoms with Gasteiger partial charge in [-0.2, -0.15) is 0 Å². The third-order valence-electron chi connectivity index (χ3n) is 3.67. The summed E-state index contributed by atoms with van der Waals surface area (Å²) in [5.41, 5.74) is 1.59. The number of aromatic nitrogens is 2. The second-order valence-electron chi connectivity index (χ2n) is 5.49. The average molecular weight is 369 g/mol. The SMILES string of the molecule is O=C(O)c1cc(-c2cncnc2)cc(S(=O)(=O)NCc2ccccc2)c1. The molecular formula is C18H15N3O4S. The molecule has 1 aromatic heterocycles. The molecule has 0 aliphatic carbocycles. The molecule has 0 radical (unpaired) electrons. The van der Waals surface area contributed by atoms with Gasteiger partial charge in [0.05, 0.1) is 10.5 Å². The molecule has 0 fully saturated rings. The van der Waals surface area contributed by atoms with Crippen molar-refractivity contribution in [1.29, 1.82) is 0 Å². The molecule has 0 aliphatic rings. The zero-order valence-corrected chi connectivity index (χ0v) is 14.3. The molecule has 3 aromatic rings. The highest BCUT2D eigenvalue weighted by Gasteiger charge is 2.18. The van der Waals surface area contributed by atoms with Gasteiger partial charge in [-0.1, -0.05) is 30.3 Å². The minimum Gasteiger partial charge on any atom is -0.478 e. The number of carboxylic acid groups (broad SMARTS) is 1. The van der Waals surface area contributed by atoms with Crippen LogP contribution in [0, 0.1) is 0 Å². The summed E-state index contributed by atoms with van der Waals surface area (Å²) in [6, 6.07) is 13.0. The maximum Gasteiger partial charge on any atom is 0.335 e. The predicted octanol–water partition coefficient (Wildman–Crippen LogP) is 2.32. The summed E-state index contributed by atoms with van der Waals surface area (Å²) in [5.74, 6) is -1.22. The molecule has 2 aromatic carbocycles. The lowest BCUT2D eigenvalue weighted by Crippen LogP contribution is -2.23. The standard InChI is InChI=1S/C18H15N3O4S/c22-18(23)15-6-14(16-10-19-12-20-11-16)7-17(8-15)26(24,25)21-9-13-4-2-1-3-5-13/h1-8,10-12,21H,9H2,(H,22,23). The Morgan fingerprint density at radius 3 is 2.35 bits per heavy atom. The van der Waals surface area contributed by atoms with Gasteiger partial charge in [-0.3, -0.25) is 0 Å². The van der Waals surface area contributed by atoms with E-state index in [1.54, 1.807) is 12.1 Å². The van der Waals surface area contributed by atoms with Gasteiger partial charge >= 0.3 is 5.97 Å². The molecule has 0 saturated carbocycles. The van der Waals surface area contributed by atoms with E-state index in [9.17, 15) is 18.3 Å². The predicted molar refractivity (Wildman–Crippen MR) is 94.9 cm³/mol. The van der Waals surface area contributed by atoms with E-state index in [4.69, 9.17) is 0 Å². The van der Waals surface area contributed by atoms with Crippen LogP contribution in [0.25, 0.3) is 11.1 Å². The van der Waals surface area contributed by atoms with Crippen molar-refractivity contribution in [2.45, 2.75) is 11.4 Å². The van der Waals surface area contributed by atoms with Gasteiger partial charge in [-0.25, -0.2) is 27.9 Å². The van der Waals surface area contributed by atoms with Crippen LogP contribution in [0.3, 0.4) is 0 Å². The zero-order valence-electron chi connectivity index (χ0n) is 13.5. The van der Waals surface area contributed by atoms with E-state index in [0.717, 1.165) is 11.6 Å². The van der Waals surface area contributed by atoms with Gasteiger partial charge in [0, 0.05) is 24.5 Å². The molecule has 26 heavy (non-hydrogen) atoms. The molecule has 0 aliphatic heterocycles. The summed E-state index contributed by atoms with van der Waals surface area (Å²) in [4.78, 5) is 19.0. The normalized spacial score (nSPS) is 11.2. The number of nitrogens with zero attached hydrogens (tertiary/aromatic N) is 2. The van der Waals surface area contributed by atoms with E-state index in [-0.39, 0.29) is 17.0 Å². The number of carbonyl (C=O) groups is 1. The maximum absolute atomic E-state index is 12.6. The number of benzene rings is 2. The summed E-state index contributed by atoms with van der Waals surface area (Å²) >= 11 is 0. The summed E-state index contributed by atoms with van der Waals surface area (Å²) < 4.78 is 27.7. The lowest BCUT2D eigenvalue weighted by molar-refractivity contribution is 0.0696. The number of aromatic carboxylic acids is 1. The van der Waals surface area contributed by atoms with Gasteiger partial charge in [-0.05, 0) is 29.3 Å². The van der Waals surface area contributed by atoms with Crippen molar-refractivity contribution < 1.29 is 18.3 Å². The van der Waals surface area contributed by atoms with Gasteiger partial charge in [0.15, 0.2) is 0 Å². The maximum atomic E-state index is 12.6. The highest BCUT2D eigenvalue weighted by atomic mass is 32.2. The quantitative estimate of drug-likeness (QED) is 0.690. The number of sulfonamides is 1. The van der Waals surface area contributed by atoms with Crippen molar-refractivity contribution in [2.75, 3.05) is 0 Å². The fourth-order valence-corrected chi connectivity index (χ4v) is 3.44. The van der Waals surface area contributed by atoms with E-state index in [1.807, 2.05) is 18.2 Å². The topological polar surface area (TPSA) is 109 Å². The molecule has 0 atom stereocenters. The Morgan fingerprint density at radius 2 is 1.69 bits per heavy atom. The summed E-state index contributed by atoms with van der Waals surface area (Å²) in [6.07, 6.45) is 4.31. The Labute approximate surface area is 150 Å². The first-order valence-electron chi connectivity index (χ1n) is 7.63. The Kier molecular flexibility index (Phi) is 5.06. The molecule has 7 nitrogen and oxygen atoms in total. The third-order valence-corrected chi connectivity index (χ3v) is 5.05. The first kappa shape index (κ1) is 17.7. The van der Waals surface area contributed by atoms with E-state index in [2.05, 4.69) is 14.7 Å². The van der Waals surface area contributed by atoms with E-state index < -0.39 is 16.0 Å². The Balaban J connectivity index is 1.97. The van der Waals surface area contributed by atoms with Crippen molar-refractivity contribution in [1.82, 2.24) is 14.7 Å². The second kappa shape index (κ2) is 7.42. The van der Waals surface area contributed by atoms with Crippen LogP contribution in [0.4, 0.5) is 0 Å². The van der Waals surface area contributed by atoms with Crippen molar-refractivity contribution >= 4 is 16.0 Å². The smallest absolute Gasteiger partial charge is 0.335 e. The minimum absolute atomic E-state index is 0.101. The van der Waals surface area contributed by atoms with Crippen LogP contribution in [0.15, 0.2) is 72.1 Å². The summed E-state index contributed by atoms with van der Waals surface area (Å²) in [7, 11) is -3.90. The van der Waals surface area contributed by atoms with Crippen molar-refractivity contribution in [3.8, 4) is 11.1 Å². The highest BCUT2D eigenvalue weighted by molar-refractivity contribution is 7.89. The van der Waals surface area contributed by atoms with Gasteiger partial charge in [-0.15, -0.1) is 0 Å². The lowest BCUT2D eigenvalue weighted by Gasteiger charge is -2.10.